The number of allylic oxidation sites excluding steroid dienone is 2. The van der Waals surface area contributed by atoms with Gasteiger partial charge in [-0.05, 0) is 24.3 Å². The number of non-ortho nitro benzene ring substituents is 1. The molecule has 0 aromatic heterocycles. The molecule has 1 fully saturated rings. The standard InChI is InChI=1S/C16H16N2O6/c1-24-12-5-4-10(18(22)23)7-11(12)17-15(19)13-8-2-3-9(6-8)14(13)16(20)21/h2-5,7-9,13-14H,6H2,1H3,(H,17,19)(H,20,21)/t8-,9-,13-,14+/m0/s1. The molecule has 0 radical (unpaired) electrons. The number of carbonyl (C=O) groups excluding carboxylic acids is 1. The molecule has 4 atom stereocenters. The lowest BCUT2D eigenvalue weighted by Gasteiger charge is -2.24. The molecule has 2 N–H and O–H groups in total. The molecule has 0 unspecified atom stereocenters. The summed E-state index contributed by atoms with van der Waals surface area (Å²) in [4.78, 5) is 34.5. The largest absolute Gasteiger partial charge is 0.495 e. The minimum atomic E-state index is -1.00. The van der Waals surface area contributed by atoms with Gasteiger partial charge in [0, 0.05) is 12.1 Å². The maximum Gasteiger partial charge on any atom is 0.307 e. The van der Waals surface area contributed by atoms with Crippen LogP contribution in [0.1, 0.15) is 6.42 Å². The quantitative estimate of drug-likeness (QED) is 0.484. The second-order valence-electron chi connectivity index (χ2n) is 5.97. The molecule has 1 saturated carbocycles. The van der Waals surface area contributed by atoms with E-state index >= 15 is 0 Å². The first-order valence-corrected chi connectivity index (χ1v) is 7.46. The molecule has 2 bridgehead atoms. The summed E-state index contributed by atoms with van der Waals surface area (Å²) in [6.07, 6.45) is 4.36. The molecule has 1 aromatic carbocycles. The molecule has 0 heterocycles. The van der Waals surface area contributed by atoms with E-state index < -0.39 is 28.6 Å². The average molecular weight is 332 g/mol. The first kappa shape index (κ1) is 16.0. The van der Waals surface area contributed by atoms with Crippen molar-refractivity contribution in [2.75, 3.05) is 12.4 Å². The van der Waals surface area contributed by atoms with Crippen LogP contribution in [0.15, 0.2) is 30.4 Å². The fraction of sp³-hybridized carbons (Fsp3) is 0.375. The van der Waals surface area contributed by atoms with Crippen molar-refractivity contribution in [3.05, 3.63) is 40.5 Å². The van der Waals surface area contributed by atoms with Gasteiger partial charge in [0.1, 0.15) is 5.75 Å². The topological polar surface area (TPSA) is 119 Å². The van der Waals surface area contributed by atoms with Gasteiger partial charge in [-0.25, -0.2) is 0 Å². The van der Waals surface area contributed by atoms with Crippen LogP contribution in [0.25, 0.3) is 0 Å². The molecule has 0 spiro atoms. The minimum absolute atomic E-state index is 0.124. The number of aliphatic carboxylic acids is 1. The lowest BCUT2D eigenvalue weighted by Crippen LogP contribution is -2.36. The molecule has 0 saturated heterocycles. The van der Waals surface area contributed by atoms with Gasteiger partial charge in [-0.3, -0.25) is 19.7 Å². The molecule has 8 heteroatoms. The van der Waals surface area contributed by atoms with Crippen molar-refractivity contribution in [2.24, 2.45) is 23.7 Å². The first-order valence-electron chi connectivity index (χ1n) is 7.46. The van der Waals surface area contributed by atoms with Gasteiger partial charge in [0.05, 0.1) is 29.6 Å². The second-order valence-corrected chi connectivity index (χ2v) is 5.97. The monoisotopic (exact) mass is 332 g/mol. The van der Waals surface area contributed by atoms with Gasteiger partial charge in [-0.15, -0.1) is 0 Å². The zero-order chi connectivity index (χ0) is 17.4. The van der Waals surface area contributed by atoms with Crippen molar-refractivity contribution < 1.29 is 24.4 Å². The molecular weight excluding hydrogens is 316 g/mol. The van der Waals surface area contributed by atoms with Gasteiger partial charge in [0.25, 0.3) is 5.69 Å². The number of rotatable bonds is 5. The number of anilines is 1. The van der Waals surface area contributed by atoms with E-state index in [0.29, 0.717) is 6.42 Å². The third kappa shape index (κ3) is 2.60. The summed E-state index contributed by atoms with van der Waals surface area (Å²) >= 11 is 0. The van der Waals surface area contributed by atoms with Crippen LogP contribution in [0.4, 0.5) is 11.4 Å². The van der Waals surface area contributed by atoms with E-state index in [-0.39, 0.29) is 29.0 Å². The Morgan fingerprint density at radius 2 is 1.96 bits per heavy atom. The van der Waals surface area contributed by atoms with Gasteiger partial charge in [0.2, 0.25) is 5.91 Å². The van der Waals surface area contributed by atoms with Gasteiger partial charge in [0.15, 0.2) is 0 Å². The molecule has 0 aliphatic heterocycles. The lowest BCUT2D eigenvalue weighted by atomic mass is 9.82. The van der Waals surface area contributed by atoms with E-state index in [1.807, 2.05) is 12.2 Å². The number of nitrogens with zero attached hydrogens (tertiary/aromatic N) is 1. The number of hydrogen-bond donors (Lipinski definition) is 2. The van der Waals surface area contributed by atoms with E-state index in [4.69, 9.17) is 4.74 Å². The number of carbonyl (C=O) groups is 2. The highest BCUT2D eigenvalue weighted by Crippen LogP contribution is 2.48. The highest BCUT2D eigenvalue weighted by Gasteiger charge is 2.51. The van der Waals surface area contributed by atoms with Crippen LogP contribution in [0.2, 0.25) is 0 Å². The van der Waals surface area contributed by atoms with Gasteiger partial charge < -0.3 is 15.2 Å². The van der Waals surface area contributed by atoms with Crippen molar-refractivity contribution in [1.82, 2.24) is 0 Å². The predicted octanol–water partition coefficient (Wildman–Crippen LogP) is 2.06. The van der Waals surface area contributed by atoms with Gasteiger partial charge in [-0.2, -0.15) is 0 Å². The van der Waals surface area contributed by atoms with Crippen LogP contribution in [0.3, 0.4) is 0 Å². The third-order valence-electron chi connectivity index (χ3n) is 4.70. The Hall–Kier alpha value is -2.90. The maximum atomic E-state index is 12.6. The molecule has 1 amide bonds. The minimum Gasteiger partial charge on any atom is -0.495 e. The normalized spacial score (nSPS) is 27.0. The predicted molar refractivity (Wildman–Crippen MR) is 83.6 cm³/mol. The molecule has 24 heavy (non-hydrogen) atoms. The molecule has 8 nitrogen and oxygen atoms in total. The van der Waals surface area contributed by atoms with Gasteiger partial charge >= 0.3 is 5.97 Å². The molecular formula is C16H16N2O6. The van der Waals surface area contributed by atoms with Crippen molar-refractivity contribution in [2.45, 2.75) is 6.42 Å². The Bertz CT molecular complexity index is 744. The van der Waals surface area contributed by atoms with Crippen molar-refractivity contribution in [3.63, 3.8) is 0 Å². The summed E-state index contributed by atoms with van der Waals surface area (Å²) in [7, 11) is 1.39. The fourth-order valence-electron chi connectivity index (χ4n) is 3.64. The van der Waals surface area contributed by atoms with Crippen LogP contribution in [-0.4, -0.2) is 29.0 Å². The number of benzene rings is 1. The fourth-order valence-corrected chi connectivity index (χ4v) is 3.64. The Balaban J connectivity index is 1.87. The third-order valence-corrected chi connectivity index (χ3v) is 4.70. The molecule has 2 aliphatic rings. The Morgan fingerprint density at radius 1 is 1.29 bits per heavy atom. The SMILES string of the molecule is COc1ccc([N+](=O)[O-])cc1NC(=O)[C@@H]1[C@H](C(=O)O)[C@H]2C=C[C@H]1C2. The molecule has 1 aromatic rings. The van der Waals surface area contributed by atoms with Crippen LogP contribution in [0.5, 0.6) is 5.75 Å². The second kappa shape index (κ2) is 5.95. The number of carboxylic acid groups (broad SMARTS) is 1. The number of fused-ring (bicyclic) bond motifs is 2. The lowest BCUT2D eigenvalue weighted by molar-refractivity contribution is -0.384. The summed E-state index contributed by atoms with van der Waals surface area (Å²) < 4.78 is 5.11. The number of amides is 1. The van der Waals surface area contributed by atoms with E-state index in [1.54, 1.807) is 0 Å². The Kier molecular flexibility index (Phi) is 3.96. The Morgan fingerprint density at radius 3 is 2.54 bits per heavy atom. The molecule has 126 valence electrons. The number of nitrogens with one attached hydrogen (secondary N) is 1. The Labute approximate surface area is 137 Å². The number of methoxy groups -OCH3 is 1. The summed E-state index contributed by atoms with van der Waals surface area (Å²) in [5.41, 5.74) is -0.0266. The van der Waals surface area contributed by atoms with Crippen LogP contribution < -0.4 is 10.1 Å². The zero-order valence-electron chi connectivity index (χ0n) is 12.8. The van der Waals surface area contributed by atoms with Crippen LogP contribution in [-0.2, 0) is 9.59 Å². The van der Waals surface area contributed by atoms with Crippen molar-refractivity contribution in [1.29, 1.82) is 0 Å². The average Bonchev–Trinajstić information content (AvgIpc) is 3.15. The number of ether oxygens (including phenoxy) is 1. The maximum absolute atomic E-state index is 12.6. The zero-order valence-corrected chi connectivity index (χ0v) is 12.8. The van der Waals surface area contributed by atoms with E-state index in [1.165, 1.54) is 25.3 Å². The summed E-state index contributed by atoms with van der Waals surface area (Å²) in [5.74, 6) is -2.92. The van der Waals surface area contributed by atoms with Crippen LogP contribution in [0, 0.1) is 33.8 Å². The molecule has 2 aliphatic carbocycles. The number of hydrogen-bond acceptors (Lipinski definition) is 5. The van der Waals surface area contributed by atoms with Crippen LogP contribution >= 0.6 is 0 Å². The highest BCUT2D eigenvalue weighted by molar-refractivity contribution is 5.97. The van der Waals surface area contributed by atoms with E-state index in [2.05, 4.69) is 5.32 Å². The summed E-state index contributed by atoms with van der Waals surface area (Å²) in [6, 6.07) is 3.87. The van der Waals surface area contributed by atoms with Gasteiger partial charge in [-0.1, -0.05) is 12.2 Å². The number of nitro groups is 1. The van der Waals surface area contributed by atoms with E-state index in [9.17, 15) is 24.8 Å². The highest BCUT2D eigenvalue weighted by atomic mass is 16.6. The summed E-state index contributed by atoms with van der Waals surface area (Å²) in [5, 5.41) is 22.9. The smallest absolute Gasteiger partial charge is 0.307 e. The number of carboxylic acids is 1. The molecule has 3 rings (SSSR count). The number of nitro benzene ring substituents is 1. The summed E-state index contributed by atoms with van der Waals surface area (Å²) in [6.45, 7) is 0. The van der Waals surface area contributed by atoms with Crippen molar-refractivity contribution >= 4 is 23.3 Å². The van der Waals surface area contributed by atoms with Crippen molar-refractivity contribution in [3.8, 4) is 5.75 Å². The first-order chi connectivity index (χ1) is 11.4. The van der Waals surface area contributed by atoms with E-state index in [0.717, 1.165) is 0 Å².